The molecule has 82 valence electrons. The van der Waals surface area contributed by atoms with Gasteiger partial charge in [-0.2, -0.15) is 5.10 Å². The quantitative estimate of drug-likeness (QED) is 0.467. The van der Waals surface area contributed by atoms with Gasteiger partial charge in [0.05, 0.1) is 12.4 Å². The van der Waals surface area contributed by atoms with Crippen molar-refractivity contribution in [2.45, 2.75) is 6.54 Å². The van der Waals surface area contributed by atoms with Crippen LogP contribution in [0.3, 0.4) is 0 Å². The molecule has 15 heavy (non-hydrogen) atoms. The minimum Gasteiger partial charge on any atom is -0.295 e. The molecule has 1 rings (SSSR count). The zero-order chi connectivity index (χ0) is 11.4. The van der Waals surface area contributed by atoms with Crippen LogP contribution in [0.15, 0.2) is 5.11 Å². The van der Waals surface area contributed by atoms with Gasteiger partial charge in [-0.25, -0.2) is 0 Å². The summed E-state index contributed by atoms with van der Waals surface area (Å²) in [6, 6.07) is 0. The van der Waals surface area contributed by atoms with Crippen molar-refractivity contribution in [3.05, 3.63) is 26.3 Å². The number of halogens is 2. The van der Waals surface area contributed by atoms with Gasteiger partial charge in [-0.3, -0.25) is 9.58 Å². The summed E-state index contributed by atoms with van der Waals surface area (Å²) in [5.74, 6) is 0. The van der Waals surface area contributed by atoms with E-state index in [-0.39, 0.29) is 6.67 Å². The number of hydrogen-bond acceptors (Lipinski definition) is 3. The molecule has 6 nitrogen and oxygen atoms in total. The van der Waals surface area contributed by atoms with Crippen LogP contribution in [-0.4, -0.2) is 28.4 Å². The fraction of sp³-hybridized carbons (Fsp3) is 0.571. The molecular weight excluding hydrogens is 239 g/mol. The normalized spacial score (nSPS) is 10.5. The van der Waals surface area contributed by atoms with Crippen LogP contribution in [0.5, 0.6) is 0 Å². The van der Waals surface area contributed by atoms with Gasteiger partial charge in [0, 0.05) is 18.5 Å². The predicted octanol–water partition coefficient (Wildman–Crippen LogP) is 2.43. The second kappa shape index (κ2) is 5.23. The minimum absolute atomic E-state index is 0.265. The molecule has 0 aliphatic carbocycles. The van der Waals surface area contributed by atoms with E-state index in [4.69, 9.17) is 28.7 Å². The smallest absolute Gasteiger partial charge is 0.145 e. The maximum Gasteiger partial charge on any atom is 0.145 e. The highest BCUT2D eigenvalue weighted by molar-refractivity contribution is 6.41. The van der Waals surface area contributed by atoms with E-state index in [0.717, 1.165) is 0 Å². The molecule has 0 atom stereocenters. The fourth-order valence-corrected chi connectivity index (χ4v) is 1.44. The molecule has 0 fully saturated rings. The maximum atomic E-state index is 8.15. The van der Waals surface area contributed by atoms with Crippen molar-refractivity contribution in [3.63, 3.8) is 0 Å². The highest BCUT2D eigenvalue weighted by Crippen LogP contribution is 2.25. The number of hydrogen-bond donors (Lipinski definition) is 0. The number of aromatic nitrogens is 2. The molecule has 0 amide bonds. The highest BCUT2D eigenvalue weighted by atomic mass is 35.5. The summed E-state index contributed by atoms with van der Waals surface area (Å²) in [5, 5.41) is 8.40. The van der Waals surface area contributed by atoms with Crippen LogP contribution in [0.4, 0.5) is 0 Å². The third-order valence-corrected chi connectivity index (χ3v) is 2.70. The van der Waals surface area contributed by atoms with E-state index in [0.29, 0.717) is 22.4 Å². The molecule has 0 saturated heterocycles. The molecule has 0 radical (unpaired) electrons. The Morgan fingerprint density at radius 1 is 1.60 bits per heavy atom. The van der Waals surface area contributed by atoms with Gasteiger partial charge in [0.15, 0.2) is 0 Å². The van der Waals surface area contributed by atoms with E-state index >= 15 is 0 Å². The topological polar surface area (TPSA) is 69.8 Å². The monoisotopic (exact) mass is 248 g/mol. The van der Waals surface area contributed by atoms with E-state index in [1.165, 1.54) is 4.68 Å². The van der Waals surface area contributed by atoms with Gasteiger partial charge < -0.3 is 0 Å². The van der Waals surface area contributed by atoms with Gasteiger partial charge in [0.2, 0.25) is 0 Å². The van der Waals surface area contributed by atoms with Crippen LogP contribution in [0.1, 0.15) is 5.69 Å². The Balaban J connectivity index is 2.72. The van der Waals surface area contributed by atoms with Gasteiger partial charge in [-0.1, -0.05) is 28.3 Å². The molecule has 0 saturated carbocycles. The van der Waals surface area contributed by atoms with E-state index < -0.39 is 0 Å². The molecule has 0 spiro atoms. The van der Waals surface area contributed by atoms with Crippen LogP contribution in [0.25, 0.3) is 10.4 Å². The first-order valence-electron chi connectivity index (χ1n) is 4.12. The Bertz CT molecular complexity index is 394. The van der Waals surface area contributed by atoms with E-state index in [1.54, 1.807) is 19.0 Å². The van der Waals surface area contributed by atoms with Crippen molar-refractivity contribution < 1.29 is 0 Å². The molecule has 0 bridgehead atoms. The lowest BCUT2D eigenvalue weighted by atomic mass is 10.4. The second-order valence-electron chi connectivity index (χ2n) is 3.06. The van der Waals surface area contributed by atoms with Crippen LogP contribution in [0.2, 0.25) is 10.2 Å². The van der Waals surface area contributed by atoms with Crippen LogP contribution < -0.4 is 0 Å². The third-order valence-electron chi connectivity index (χ3n) is 1.78. The molecule has 8 heteroatoms. The van der Waals surface area contributed by atoms with Gasteiger partial charge >= 0.3 is 0 Å². The summed E-state index contributed by atoms with van der Waals surface area (Å²) in [7, 11) is 3.51. The van der Waals surface area contributed by atoms with Crippen LogP contribution in [-0.2, 0) is 13.6 Å². The predicted molar refractivity (Wildman–Crippen MR) is 58.7 cm³/mol. The van der Waals surface area contributed by atoms with E-state index in [2.05, 4.69) is 15.1 Å². The first kappa shape index (κ1) is 12.1. The minimum atomic E-state index is 0.265. The Morgan fingerprint density at radius 3 is 2.73 bits per heavy atom. The fourth-order valence-electron chi connectivity index (χ4n) is 1.07. The summed E-state index contributed by atoms with van der Waals surface area (Å²) in [6.07, 6.45) is 0. The third kappa shape index (κ3) is 3.00. The summed E-state index contributed by atoms with van der Waals surface area (Å²) in [5.41, 5.74) is 8.82. The molecular formula is C7H10Cl2N6. The summed E-state index contributed by atoms with van der Waals surface area (Å²) in [4.78, 5) is 4.44. The molecule has 0 N–H and O–H groups in total. The second-order valence-corrected chi connectivity index (χ2v) is 3.80. The summed E-state index contributed by atoms with van der Waals surface area (Å²) < 4.78 is 1.50. The highest BCUT2D eigenvalue weighted by Gasteiger charge is 2.13. The van der Waals surface area contributed by atoms with Crippen molar-refractivity contribution in [2.24, 2.45) is 12.2 Å². The number of nitrogens with zero attached hydrogens (tertiary/aromatic N) is 6. The lowest BCUT2D eigenvalue weighted by molar-refractivity contribution is 0.331. The Labute approximate surface area is 97.0 Å². The average Bonchev–Trinajstić information content (AvgIpc) is 2.43. The first-order chi connectivity index (χ1) is 7.06. The standard InChI is InChI=1S/C7H10Cl2N6/c1-14(4-11-13-10)3-5-6(8)7(9)15(2)12-5/h3-4H2,1-2H3. The van der Waals surface area contributed by atoms with Gasteiger partial charge in [0.25, 0.3) is 0 Å². The summed E-state index contributed by atoms with van der Waals surface area (Å²) >= 11 is 11.8. The Kier molecular flexibility index (Phi) is 4.23. The Morgan fingerprint density at radius 2 is 2.27 bits per heavy atom. The van der Waals surface area contributed by atoms with Gasteiger partial charge in [0.1, 0.15) is 10.2 Å². The Hall–Kier alpha value is -0.940. The lowest BCUT2D eigenvalue weighted by Gasteiger charge is -2.10. The average molecular weight is 249 g/mol. The molecule has 0 aromatic carbocycles. The van der Waals surface area contributed by atoms with Gasteiger partial charge in [-0.15, -0.1) is 0 Å². The number of rotatable bonds is 4. The van der Waals surface area contributed by atoms with Crippen LogP contribution >= 0.6 is 23.2 Å². The van der Waals surface area contributed by atoms with Crippen molar-refractivity contribution in [1.82, 2.24) is 14.7 Å². The molecule has 0 aliphatic rings. The number of aryl methyl sites for hydroxylation is 1. The summed E-state index contributed by atoms with van der Waals surface area (Å²) in [6.45, 7) is 0.749. The molecule has 0 unspecified atom stereocenters. The van der Waals surface area contributed by atoms with E-state index in [9.17, 15) is 0 Å². The SMILES string of the molecule is CN(CN=[N+]=[N-])Cc1nn(C)c(Cl)c1Cl. The van der Waals surface area contributed by atoms with E-state index in [1.807, 2.05) is 0 Å². The molecule has 1 aromatic rings. The first-order valence-corrected chi connectivity index (χ1v) is 4.88. The lowest BCUT2D eigenvalue weighted by Crippen LogP contribution is -2.17. The van der Waals surface area contributed by atoms with Crippen molar-refractivity contribution in [1.29, 1.82) is 0 Å². The zero-order valence-corrected chi connectivity index (χ0v) is 9.87. The molecule has 0 aliphatic heterocycles. The van der Waals surface area contributed by atoms with Crippen LogP contribution in [0, 0.1) is 0 Å². The number of azide groups is 1. The largest absolute Gasteiger partial charge is 0.295 e. The van der Waals surface area contributed by atoms with Crippen molar-refractivity contribution in [2.75, 3.05) is 13.7 Å². The van der Waals surface area contributed by atoms with Crippen molar-refractivity contribution in [3.8, 4) is 0 Å². The molecule has 1 aromatic heterocycles. The van der Waals surface area contributed by atoms with Gasteiger partial charge in [-0.05, 0) is 12.6 Å². The van der Waals surface area contributed by atoms with Crippen molar-refractivity contribution >= 4 is 23.2 Å². The maximum absolute atomic E-state index is 8.15. The molecule has 1 heterocycles. The zero-order valence-electron chi connectivity index (χ0n) is 8.35.